The van der Waals surface area contributed by atoms with Gasteiger partial charge in [-0.25, -0.2) is 0 Å². The molecule has 2 amide bonds. The number of benzene rings is 2. The van der Waals surface area contributed by atoms with Crippen molar-refractivity contribution in [2.24, 2.45) is 0 Å². The zero-order valence-corrected chi connectivity index (χ0v) is 16.0. The van der Waals surface area contributed by atoms with Crippen molar-refractivity contribution in [1.29, 1.82) is 0 Å². The molecule has 28 heavy (non-hydrogen) atoms. The zero-order valence-electron chi connectivity index (χ0n) is 15.2. The number of rotatable bonds is 6. The van der Waals surface area contributed by atoms with E-state index in [4.69, 9.17) is 11.6 Å². The van der Waals surface area contributed by atoms with Crippen LogP contribution in [-0.2, 0) is 11.3 Å². The van der Waals surface area contributed by atoms with E-state index in [0.717, 1.165) is 5.56 Å². The quantitative estimate of drug-likeness (QED) is 0.572. The Morgan fingerprint density at radius 3 is 2.29 bits per heavy atom. The molecule has 0 bridgehead atoms. The monoisotopic (exact) mass is 394 g/mol. The Morgan fingerprint density at radius 1 is 0.929 bits per heavy atom. The normalized spacial score (nSPS) is 10.2. The SMILES string of the molecule is CC(=O)Nc1ccc(NC(=O)c2cncc(NCc3ccccc3Cl)c2)cc1. The van der Waals surface area contributed by atoms with Crippen LogP contribution in [0.4, 0.5) is 17.1 Å². The number of amides is 2. The minimum atomic E-state index is -0.277. The summed E-state index contributed by atoms with van der Waals surface area (Å²) in [5, 5.41) is 9.38. The lowest BCUT2D eigenvalue weighted by atomic mass is 10.2. The van der Waals surface area contributed by atoms with E-state index in [9.17, 15) is 9.59 Å². The second-order valence-corrected chi connectivity index (χ2v) is 6.53. The molecule has 0 spiro atoms. The van der Waals surface area contributed by atoms with Crippen molar-refractivity contribution < 1.29 is 9.59 Å². The summed E-state index contributed by atoms with van der Waals surface area (Å²) in [6.45, 7) is 1.96. The highest BCUT2D eigenvalue weighted by Crippen LogP contribution is 2.18. The summed E-state index contributed by atoms with van der Waals surface area (Å²) in [6, 6.07) is 16.2. The summed E-state index contributed by atoms with van der Waals surface area (Å²) in [6.07, 6.45) is 3.15. The maximum atomic E-state index is 12.5. The summed E-state index contributed by atoms with van der Waals surface area (Å²) in [7, 11) is 0. The molecule has 6 nitrogen and oxygen atoms in total. The van der Waals surface area contributed by atoms with Gasteiger partial charge in [0.1, 0.15) is 0 Å². The van der Waals surface area contributed by atoms with Crippen LogP contribution in [0.3, 0.4) is 0 Å². The van der Waals surface area contributed by atoms with Gasteiger partial charge in [-0.05, 0) is 42.0 Å². The summed E-state index contributed by atoms with van der Waals surface area (Å²) in [5.41, 5.74) is 3.38. The van der Waals surface area contributed by atoms with Gasteiger partial charge in [0, 0.05) is 42.3 Å². The molecule has 1 aromatic heterocycles. The molecular formula is C21H19ClN4O2. The Balaban J connectivity index is 1.63. The van der Waals surface area contributed by atoms with Gasteiger partial charge in [-0.15, -0.1) is 0 Å². The number of nitrogens with one attached hydrogen (secondary N) is 3. The molecule has 0 unspecified atom stereocenters. The highest BCUT2D eigenvalue weighted by Gasteiger charge is 2.08. The molecule has 3 rings (SSSR count). The van der Waals surface area contributed by atoms with E-state index in [-0.39, 0.29) is 11.8 Å². The fourth-order valence-electron chi connectivity index (χ4n) is 2.54. The van der Waals surface area contributed by atoms with E-state index in [1.165, 1.54) is 13.1 Å². The summed E-state index contributed by atoms with van der Waals surface area (Å²) in [4.78, 5) is 27.7. The van der Waals surface area contributed by atoms with Gasteiger partial charge >= 0.3 is 0 Å². The minimum Gasteiger partial charge on any atom is -0.380 e. The Bertz CT molecular complexity index is 990. The number of aromatic nitrogens is 1. The third kappa shape index (κ3) is 5.31. The van der Waals surface area contributed by atoms with Crippen LogP contribution in [-0.4, -0.2) is 16.8 Å². The molecule has 0 aliphatic heterocycles. The molecule has 3 aromatic rings. The number of carbonyl (C=O) groups is 2. The topological polar surface area (TPSA) is 83.1 Å². The lowest BCUT2D eigenvalue weighted by Gasteiger charge is -2.10. The van der Waals surface area contributed by atoms with Gasteiger partial charge in [-0.1, -0.05) is 29.8 Å². The Labute approximate surface area is 168 Å². The van der Waals surface area contributed by atoms with Gasteiger partial charge in [-0.2, -0.15) is 0 Å². The van der Waals surface area contributed by atoms with E-state index in [1.807, 2.05) is 24.3 Å². The van der Waals surface area contributed by atoms with Crippen LogP contribution >= 0.6 is 11.6 Å². The first kappa shape index (κ1) is 19.4. The van der Waals surface area contributed by atoms with Gasteiger partial charge in [0.05, 0.1) is 11.3 Å². The molecule has 0 saturated carbocycles. The van der Waals surface area contributed by atoms with Crippen LogP contribution in [0, 0.1) is 0 Å². The fraction of sp³-hybridized carbons (Fsp3) is 0.0952. The third-order valence-corrected chi connectivity index (χ3v) is 4.27. The molecule has 0 radical (unpaired) electrons. The van der Waals surface area contributed by atoms with E-state index < -0.39 is 0 Å². The van der Waals surface area contributed by atoms with Gasteiger partial charge in [0.15, 0.2) is 0 Å². The van der Waals surface area contributed by atoms with Gasteiger partial charge in [0.2, 0.25) is 5.91 Å². The molecule has 0 aliphatic carbocycles. The Kier molecular flexibility index (Phi) is 6.24. The number of carbonyl (C=O) groups excluding carboxylic acids is 2. The largest absolute Gasteiger partial charge is 0.380 e. The van der Waals surface area contributed by atoms with Gasteiger partial charge in [-0.3, -0.25) is 14.6 Å². The van der Waals surface area contributed by atoms with E-state index >= 15 is 0 Å². The highest BCUT2D eigenvalue weighted by atomic mass is 35.5. The average Bonchev–Trinajstić information content (AvgIpc) is 2.69. The van der Waals surface area contributed by atoms with Crippen molar-refractivity contribution in [3.05, 3.63) is 83.1 Å². The second kappa shape index (κ2) is 9.01. The van der Waals surface area contributed by atoms with Gasteiger partial charge < -0.3 is 16.0 Å². The second-order valence-electron chi connectivity index (χ2n) is 6.12. The molecule has 0 saturated heterocycles. The first-order valence-corrected chi connectivity index (χ1v) is 9.00. The lowest BCUT2D eigenvalue weighted by molar-refractivity contribution is -0.114. The predicted octanol–water partition coefficient (Wildman–Crippen LogP) is 4.56. The summed E-state index contributed by atoms with van der Waals surface area (Å²) in [5.74, 6) is -0.426. The first-order valence-electron chi connectivity index (χ1n) is 8.62. The van der Waals surface area contributed by atoms with Crippen LogP contribution in [0.5, 0.6) is 0 Å². The molecule has 1 heterocycles. The van der Waals surface area contributed by atoms with Crippen LogP contribution in [0.1, 0.15) is 22.8 Å². The van der Waals surface area contributed by atoms with Crippen LogP contribution < -0.4 is 16.0 Å². The van der Waals surface area contributed by atoms with E-state index in [1.54, 1.807) is 36.5 Å². The maximum absolute atomic E-state index is 12.5. The molecular weight excluding hydrogens is 376 g/mol. The molecule has 0 aliphatic rings. The summed E-state index contributed by atoms with van der Waals surface area (Å²) >= 11 is 6.16. The Morgan fingerprint density at radius 2 is 1.61 bits per heavy atom. The average molecular weight is 395 g/mol. The van der Waals surface area contributed by atoms with Crippen LogP contribution in [0.15, 0.2) is 67.0 Å². The summed E-state index contributed by atoms with van der Waals surface area (Å²) < 4.78 is 0. The first-order chi connectivity index (χ1) is 13.5. The highest BCUT2D eigenvalue weighted by molar-refractivity contribution is 6.31. The van der Waals surface area contributed by atoms with Crippen molar-refractivity contribution >= 4 is 40.5 Å². The Hall–Kier alpha value is -3.38. The van der Waals surface area contributed by atoms with Gasteiger partial charge in [0.25, 0.3) is 5.91 Å². The smallest absolute Gasteiger partial charge is 0.257 e. The standard InChI is InChI=1S/C21H19ClN4O2/c1-14(27)25-17-6-8-18(9-7-17)26-21(28)16-10-19(13-23-11-16)24-12-15-4-2-3-5-20(15)22/h2-11,13,24H,12H2,1H3,(H,25,27)(H,26,28). The van der Waals surface area contributed by atoms with Crippen LogP contribution in [0.2, 0.25) is 5.02 Å². The predicted molar refractivity (Wildman–Crippen MR) is 112 cm³/mol. The number of anilines is 3. The third-order valence-electron chi connectivity index (χ3n) is 3.90. The number of hydrogen-bond donors (Lipinski definition) is 3. The number of halogens is 1. The van der Waals surface area contributed by atoms with Crippen molar-refractivity contribution in [2.45, 2.75) is 13.5 Å². The van der Waals surface area contributed by atoms with Crippen molar-refractivity contribution in [2.75, 3.05) is 16.0 Å². The van der Waals surface area contributed by atoms with Crippen LogP contribution in [0.25, 0.3) is 0 Å². The molecule has 0 fully saturated rings. The van der Waals surface area contributed by atoms with Crippen molar-refractivity contribution in [1.82, 2.24) is 4.98 Å². The fourth-order valence-corrected chi connectivity index (χ4v) is 2.75. The minimum absolute atomic E-state index is 0.149. The lowest BCUT2D eigenvalue weighted by Crippen LogP contribution is -2.13. The zero-order chi connectivity index (χ0) is 19.9. The number of pyridine rings is 1. The maximum Gasteiger partial charge on any atom is 0.257 e. The number of hydrogen-bond acceptors (Lipinski definition) is 4. The number of nitrogens with zero attached hydrogens (tertiary/aromatic N) is 1. The molecule has 142 valence electrons. The molecule has 0 atom stereocenters. The van der Waals surface area contributed by atoms with E-state index in [0.29, 0.717) is 34.2 Å². The van der Waals surface area contributed by atoms with Crippen molar-refractivity contribution in [3.63, 3.8) is 0 Å². The van der Waals surface area contributed by atoms with E-state index in [2.05, 4.69) is 20.9 Å². The molecule has 2 aromatic carbocycles. The molecule has 7 heteroatoms. The molecule has 3 N–H and O–H groups in total. The van der Waals surface area contributed by atoms with Crippen molar-refractivity contribution in [3.8, 4) is 0 Å².